The van der Waals surface area contributed by atoms with E-state index in [9.17, 15) is 4.39 Å². The van der Waals surface area contributed by atoms with Gasteiger partial charge in [0.1, 0.15) is 23.7 Å². The van der Waals surface area contributed by atoms with Gasteiger partial charge in [-0.25, -0.2) is 14.4 Å². The monoisotopic (exact) mass is 309 g/mol. The predicted octanol–water partition coefficient (Wildman–Crippen LogP) is 3.88. The van der Waals surface area contributed by atoms with E-state index in [1.807, 2.05) is 6.07 Å². The van der Waals surface area contributed by atoms with Crippen LogP contribution >= 0.6 is 0 Å². The first-order valence-corrected chi connectivity index (χ1v) is 7.58. The van der Waals surface area contributed by atoms with Crippen molar-refractivity contribution in [1.82, 2.24) is 9.97 Å². The van der Waals surface area contributed by atoms with Crippen molar-refractivity contribution >= 4 is 16.7 Å². The summed E-state index contributed by atoms with van der Waals surface area (Å²) in [6.45, 7) is 0. The van der Waals surface area contributed by atoms with Crippen molar-refractivity contribution in [1.29, 1.82) is 0 Å². The number of nitrogens with one attached hydrogen (secondary N) is 1. The molecule has 0 saturated carbocycles. The lowest BCUT2D eigenvalue weighted by atomic mass is 10.1. The van der Waals surface area contributed by atoms with Gasteiger partial charge in [0.25, 0.3) is 0 Å². The summed E-state index contributed by atoms with van der Waals surface area (Å²) in [4.78, 5) is 8.49. The molecule has 0 bridgehead atoms. The van der Waals surface area contributed by atoms with Crippen LogP contribution in [0.4, 0.5) is 10.2 Å². The fraction of sp³-hybridized carbons (Fsp3) is 0.222. The zero-order valence-electron chi connectivity index (χ0n) is 12.7. The lowest BCUT2D eigenvalue weighted by Crippen LogP contribution is -2.09. The molecule has 1 unspecified atom stereocenters. The molecule has 4 rings (SSSR count). The van der Waals surface area contributed by atoms with Gasteiger partial charge in [-0.2, -0.15) is 0 Å². The van der Waals surface area contributed by atoms with Crippen LogP contribution in [0.5, 0.6) is 5.75 Å². The molecular formula is C18H16FN3O. The zero-order chi connectivity index (χ0) is 15.8. The second-order valence-corrected chi connectivity index (χ2v) is 5.68. The number of methoxy groups -OCH3 is 1. The highest BCUT2D eigenvalue weighted by Crippen LogP contribution is 2.36. The average Bonchev–Trinajstić information content (AvgIpc) is 2.97. The third-order valence-electron chi connectivity index (χ3n) is 4.34. The zero-order valence-corrected chi connectivity index (χ0v) is 12.7. The molecule has 0 saturated heterocycles. The second-order valence-electron chi connectivity index (χ2n) is 5.68. The molecule has 0 amide bonds. The molecular weight excluding hydrogens is 293 g/mol. The standard InChI is InChI=1S/C18H16FN3O/c1-23-13-4-5-14-11(8-13)2-6-17(14)22-18-15-9-12(19)3-7-16(15)20-10-21-18/h3-5,7-10,17H,2,6H2,1H3,(H,20,21,22). The van der Waals surface area contributed by atoms with E-state index in [2.05, 4.69) is 27.4 Å². The van der Waals surface area contributed by atoms with E-state index in [1.54, 1.807) is 13.2 Å². The van der Waals surface area contributed by atoms with Gasteiger partial charge in [0.05, 0.1) is 18.7 Å². The van der Waals surface area contributed by atoms with Crippen molar-refractivity contribution in [3.05, 3.63) is 59.7 Å². The number of hydrogen-bond acceptors (Lipinski definition) is 4. The molecule has 0 radical (unpaired) electrons. The number of aromatic nitrogens is 2. The van der Waals surface area contributed by atoms with Gasteiger partial charge in [0, 0.05) is 5.39 Å². The van der Waals surface area contributed by atoms with Crippen LogP contribution in [0.2, 0.25) is 0 Å². The second kappa shape index (κ2) is 5.50. The van der Waals surface area contributed by atoms with Crippen molar-refractivity contribution < 1.29 is 9.13 Å². The largest absolute Gasteiger partial charge is 0.497 e. The smallest absolute Gasteiger partial charge is 0.137 e. The Kier molecular flexibility index (Phi) is 3.33. The van der Waals surface area contributed by atoms with Gasteiger partial charge in [-0.05, 0) is 54.3 Å². The molecule has 2 aromatic carbocycles. The van der Waals surface area contributed by atoms with E-state index < -0.39 is 0 Å². The minimum absolute atomic E-state index is 0.164. The topological polar surface area (TPSA) is 47.0 Å². The van der Waals surface area contributed by atoms with Crippen LogP contribution in [0.15, 0.2) is 42.7 Å². The Morgan fingerprint density at radius 2 is 2.09 bits per heavy atom. The van der Waals surface area contributed by atoms with Crippen LogP contribution in [-0.4, -0.2) is 17.1 Å². The van der Waals surface area contributed by atoms with Crippen LogP contribution < -0.4 is 10.1 Å². The first-order valence-electron chi connectivity index (χ1n) is 7.58. The molecule has 1 heterocycles. The molecule has 0 fully saturated rings. The number of ether oxygens (including phenoxy) is 1. The minimum atomic E-state index is -0.285. The van der Waals surface area contributed by atoms with Crippen LogP contribution in [0.3, 0.4) is 0 Å². The number of anilines is 1. The van der Waals surface area contributed by atoms with Crippen molar-refractivity contribution in [2.24, 2.45) is 0 Å². The maximum Gasteiger partial charge on any atom is 0.137 e. The van der Waals surface area contributed by atoms with Gasteiger partial charge in [0.15, 0.2) is 0 Å². The van der Waals surface area contributed by atoms with Gasteiger partial charge in [-0.1, -0.05) is 6.07 Å². The van der Waals surface area contributed by atoms with Gasteiger partial charge >= 0.3 is 0 Å². The Morgan fingerprint density at radius 1 is 1.17 bits per heavy atom. The Balaban J connectivity index is 1.69. The maximum absolute atomic E-state index is 13.6. The highest BCUT2D eigenvalue weighted by atomic mass is 19.1. The molecule has 3 aromatic rings. The van der Waals surface area contributed by atoms with E-state index in [1.165, 1.54) is 29.6 Å². The number of halogens is 1. The van der Waals surface area contributed by atoms with Crippen molar-refractivity contribution in [3.8, 4) is 5.75 Å². The van der Waals surface area contributed by atoms with Crippen LogP contribution in [0.1, 0.15) is 23.6 Å². The minimum Gasteiger partial charge on any atom is -0.497 e. The Bertz CT molecular complexity index is 881. The quantitative estimate of drug-likeness (QED) is 0.797. The number of rotatable bonds is 3. The summed E-state index contributed by atoms with van der Waals surface area (Å²) in [7, 11) is 1.67. The number of hydrogen-bond donors (Lipinski definition) is 1. The molecule has 0 aliphatic heterocycles. The molecule has 1 aliphatic carbocycles. The number of benzene rings is 2. The predicted molar refractivity (Wildman–Crippen MR) is 87.2 cm³/mol. The number of aryl methyl sites for hydroxylation is 1. The van der Waals surface area contributed by atoms with Crippen molar-refractivity contribution in [3.63, 3.8) is 0 Å². The van der Waals surface area contributed by atoms with E-state index >= 15 is 0 Å². The molecule has 1 atom stereocenters. The molecule has 1 aliphatic rings. The van der Waals surface area contributed by atoms with Crippen LogP contribution in [-0.2, 0) is 6.42 Å². The molecule has 0 spiro atoms. The lowest BCUT2D eigenvalue weighted by molar-refractivity contribution is 0.414. The molecule has 116 valence electrons. The normalized spacial score (nSPS) is 16.3. The molecule has 1 aromatic heterocycles. The van der Waals surface area contributed by atoms with Crippen molar-refractivity contribution in [2.45, 2.75) is 18.9 Å². The average molecular weight is 309 g/mol. The number of fused-ring (bicyclic) bond motifs is 2. The van der Waals surface area contributed by atoms with E-state index in [0.29, 0.717) is 11.2 Å². The maximum atomic E-state index is 13.6. The van der Waals surface area contributed by atoms with Gasteiger partial charge in [-0.3, -0.25) is 0 Å². The highest BCUT2D eigenvalue weighted by Gasteiger charge is 2.23. The summed E-state index contributed by atoms with van der Waals surface area (Å²) in [5, 5.41) is 4.15. The summed E-state index contributed by atoms with van der Waals surface area (Å²) in [5.41, 5.74) is 3.26. The molecule has 5 heteroatoms. The first kappa shape index (κ1) is 13.9. The Labute approximate surface area is 133 Å². The Hall–Kier alpha value is -2.69. The molecule has 1 N–H and O–H groups in total. The third kappa shape index (κ3) is 2.48. The molecule has 4 nitrogen and oxygen atoms in total. The first-order chi connectivity index (χ1) is 11.2. The van der Waals surface area contributed by atoms with E-state index in [-0.39, 0.29) is 11.9 Å². The summed E-state index contributed by atoms with van der Waals surface area (Å²) >= 11 is 0. The fourth-order valence-corrected chi connectivity index (χ4v) is 3.18. The van der Waals surface area contributed by atoms with E-state index in [4.69, 9.17) is 4.74 Å². The highest BCUT2D eigenvalue weighted by molar-refractivity contribution is 5.89. The van der Waals surface area contributed by atoms with Crippen LogP contribution in [0.25, 0.3) is 10.9 Å². The third-order valence-corrected chi connectivity index (χ3v) is 4.34. The van der Waals surface area contributed by atoms with E-state index in [0.717, 1.165) is 24.1 Å². The SMILES string of the molecule is COc1ccc2c(c1)CCC2Nc1ncnc2ccc(F)cc12. The Morgan fingerprint density at radius 3 is 2.96 bits per heavy atom. The van der Waals surface area contributed by atoms with Gasteiger partial charge in [0.2, 0.25) is 0 Å². The van der Waals surface area contributed by atoms with Gasteiger partial charge < -0.3 is 10.1 Å². The summed E-state index contributed by atoms with van der Waals surface area (Å²) < 4.78 is 18.8. The summed E-state index contributed by atoms with van der Waals surface area (Å²) in [6, 6.07) is 10.9. The fourth-order valence-electron chi connectivity index (χ4n) is 3.18. The molecule has 23 heavy (non-hydrogen) atoms. The van der Waals surface area contributed by atoms with Crippen molar-refractivity contribution in [2.75, 3.05) is 12.4 Å². The summed E-state index contributed by atoms with van der Waals surface area (Å²) in [6.07, 6.45) is 3.47. The van der Waals surface area contributed by atoms with Crippen LogP contribution in [0, 0.1) is 5.82 Å². The summed E-state index contributed by atoms with van der Waals surface area (Å²) in [5.74, 6) is 1.26. The van der Waals surface area contributed by atoms with Gasteiger partial charge in [-0.15, -0.1) is 0 Å². The lowest BCUT2D eigenvalue weighted by Gasteiger charge is -2.16. The number of nitrogens with zero attached hydrogens (tertiary/aromatic N) is 2.